The quantitative estimate of drug-likeness (QED) is 0.897. The lowest BCUT2D eigenvalue weighted by atomic mass is 10.2. The zero-order valence-corrected chi connectivity index (χ0v) is 10.6. The number of nitrogens with zero attached hydrogens (tertiary/aromatic N) is 5. The van der Waals surface area contributed by atoms with Gasteiger partial charge in [-0.25, -0.2) is 9.78 Å². The maximum Gasteiger partial charge on any atom is 0.433 e. The summed E-state index contributed by atoms with van der Waals surface area (Å²) in [5, 5.41) is 13.0. The average molecular weight is 301 g/mol. The van der Waals surface area contributed by atoms with Crippen molar-refractivity contribution < 1.29 is 23.1 Å². The number of hydrogen-bond acceptors (Lipinski definition) is 5. The fraction of sp³-hybridized carbons (Fsp3) is 0.455. The van der Waals surface area contributed by atoms with Crippen molar-refractivity contribution >= 4 is 17.6 Å². The van der Waals surface area contributed by atoms with Gasteiger partial charge in [0, 0.05) is 12.6 Å². The van der Waals surface area contributed by atoms with Crippen LogP contribution in [0.3, 0.4) is 0 Å². The van der Waals surface area contributed by atoms with Gasteiger partial charge < -0.3 is 10.0 Å². The second-order valence-corrected chi connectivity index (χ2v) is 4.66. The molecule has 0 amide bonds. The van der Waals surface area contributed by atoms with Crippen LogP contribution in [0.5, 0.6) is 0 Å². The fourth-order valence-corrected chi connectivity index (χ4v) is 2.44. The Morgan fingerprint density at radius 1 is 1.43 bits per heavy atom. The highest BCUT2D eigenvalue weighted by molar-refractivity contribution is 5.78. The van der Waals surface area contributed by atoms with E-state index in [4.69, 9.17) is 0 Å². The molecule has 2 aromatic rings. The first-order valence-electron chi connectivity index (χ1n) is 6.15. The molecule has 0 spiro atoms. The van der Waals surface area contributed by atoms with E-state index in [1.165, 1.54) is 4.90 Å². The maximum absolute atomic E-state index is 12.9. The number of carboxylic acids is 1. The SMILES string of the molecule is O=C(O)[C@H]1CCCN1c1cc(C(F)(F)F)nc2ncnn12. The van der Waals surface area contributed by atoms with E-state index in [0.717, 1.165) is 16.9 Å². The molecule has 3 rings (SSSR count). The predicted molar refractivity (Wildman–Crippen MR) is 63.8 cm³/mol. The molecule has 0 aliphatic carbocycles. The highest BCUT2D eigenvalue weighted by Crippen LogP contribution is 2.32. The van der Waals surface area contributed by atoms with Gasteiger partial charge in [-0.05, 0) is 12.8 Å². The lowest BCUT2D eigenvalue weighted by Gasteiger charge is -2.24. The van der Waals surface area contributed by atoms with Crippen molar-refractivity contribution in [2.24, 2.45) is 0 Å². The van der Waals surface area contributed by atoms with Crippen LogP contribution in [0.25, 0.3) is 5.78 Å². The number of fused-ring (bicyclic) bond motifs is 1. The Morgan fingerprint density at radius 2 is 2.19 bits per heavy atom. The van der Waals surface area contributed by atoms with Crippen LogP contribution in [0, 0.1) is 0 Å². The molecule has 3 heterocycles. The Morgan fingerprint density at radius 3 is 2.86 bits per heavy atom. The zero-order valence-electron chi connectivity index (χ0n) is 10.6. The summed E-state index contributed by atoms with van der Waals surface area (Å²) in [7, 11) is 0. The molecule has 10 heteroatoms. The molecule has 0 radical (unpaired) electrons. The van der Waals surface area contributed by atoms with E-state index >= 15 is 0 Å². The molecule has 112 valence electrons. The van der Waals surface area contributed by atoms with Crippen molar-refractivity contribution in [3.63, 3.8) is 0 Å². The van der Waals surface area contributed by atoms with Crippen molar-refractivity contribution in [2.45, 2.75) is 25.1 Å². The Labute approximate surface area is 116 Å². The second kappa shape index (κ2) is 4.57. The van der Waals surface area contributed by atoms with Crippen LogP contribution in [-0.2, 0) is 11.0 Å². The van der Waals surface area contributed by atoms with Crippen molar-refractivity contribution in [1.29, 1.82) is 0 Å². The molecule has 0 aromatic carbocycles. The minimum Gasteiger partial charge on any atom is -0.480 e. The summed E-state index contributed by atoms with van der Waals surface area (Å²) in [6.07, 6.45) is -2.61. The van der Waals surface area contributed by atoms with Gasteiger partial charge in [-0.15, -0.1) is 0 Å². The third-order valence-corrected chi connectivity index (χ3v) is 3.36. The van der Waals surface area contributed by atoms with E-state index in [9.17, 15) is 23.1 Å². The molecule has 1 aliphatic rings. The number of rotatable bonds is 2. The van der Waals surface area contributed by atoms with Gasteiger partial charge in [-0.2, -0.15) is 27.8 Å². The predicted octanol–water partition coefficient (Wildman–Crippen LogP) is 1.20. The first kappa shape index (κ1) is 13.6. The molecule has 7 nitrogen and oxygen atoms in total. The number of aromatic nitrogens is 4. The Balaban J connectivity index is 2.16. The van der Waals surface area contributed by atoms with Crippen molar-refractivity contribution in [3.05, 3.63) is 18.1 Å². The van der Waals surface area contributed by atoms with E-state index in [0.29, 0.717) is 19.4 Å². The summed E-state index contributed by atoms with van der Waals surface area (Å²) in [6, 6.07) is -0.0657. The van der Waals surface area contributed by atoms with Gasteiger partial charge in [0.1, 0.15) is 18.2 Å². The molecule has 1 aliphatic heterocycles. The van der Waals surface area contributed by atoms with Gasteiger partial charge in [0.2, 0.25) is 0 Å². The molecule has 1 saturated heterocycles. The van der Waals surface area contributed by atoms with E-state index in [2.05, 4.69) is 15.1 Å². The summed E-state index contributed by atoms with van der Waals surface area (Å²) in [6.45, 7) is 0.341. The van der Waals surface area contributed by atoms with E-state index in [-0.39, 0.29) is 11.6 Å². The molecule has 0 bridgehead atoms. The molecular formula is C11H10F3N5O2. The summed E-state index contributed by atoms with van der Waals surface area (Å²) in [4.78, 5) is 19.7. The lowest BCUT2D eigenvalue weighted by molar-refractivity contribution is -0.141. The first-order valence-corrected chi connectivity index (χ1v) is 6.15. The average Bonchev–Trinajstić information content (AvgIpc) is 3.05. The molecule has 21 heavy (non-hydrogen) atoms. The number of aliphatic carboxylic acids is 1. The molecular weight excluding hydrogens is 291 g/mol. The van der Waals surface area contributed by atoms with E-state index in [1.807, 2.05) is 0 Å². The van der Waals surface area contributed by atoms with Crippen LogP contribution in [0.15, 0.2) is 12.4 Å². The number of carboxylic acid groups (broad SMARTS) is 1. The highest BCUT2D eigenvalue weighted by atomic mass is 19.4. The molecule has 1 atom stereocenters. The van der Waals surface area contributed by atoms with Crippen LogP contribution in [0.1, 0.15) is 18.5 Å². The molecule has 0 unspecified atom stereocenters. The number of halogens is 3. The lowest BCUT2D eigenvalue weighted by Crippen LogP contribution is -2.37. The summed E-state index contributed by atoms with van der Waals surface area (Å²) < 4.78 is 39.8. The van der Waals surface area contributed by atoms with Gasteiger partial charge in [0.15, 0.2) is 5.69 Å². The summed E-state index contributed by atoms with van der Waals surface area (Å²) >= 11 is 0. The maximum atomic E-state index is 12.9. The van der Waals surface area contributed by atoms with Crippen molar-refractivity contribution in [1.82, 2.24) is 19.6 Å². The second-order valence-electron chi connectivity index (χ2n) is 4.66. The number of carbonyl (C=O) groups is 1. The van der Waals surface area contributed by atoms with Crippen molar-refractivity contribution in [2.75, 3.05) is 11.4 Å². The summed E-state index contributed by atoms with van der Waals surface area (Å²) in [5.74, 6) is -1.25. The third kappa shape index (κ3) is 2.26. The minimum atomic E-state index is -4.64. The summed E-state index contributed by atoms with van der Waals surface area (Å²) in [5.41, 5.74) is -1.12. The molecule has 2 aromatic heterocycles. The van der Waals surface area contributed by atoms with Gasteiger partial charge >= 0.3 is 12.1 Å². The zero-order chi connectivity index (χ0) is 15.2. The number of hydrogen-bond donors (Lipinski definition) is 1. The first-order chi connectivity index (χ1) is 9.88. The minimum absolute atomic E-state index is 0.0368. The number of anilines is 1. The molecule has 1 fully saturated rings. The topological polar surface area (TPSA) is 83.6 Å². The molecule has 0 saturated carbocycles. The van der Waals surface area contributed by atoms with Crippen LogP contribution in [0.4, 0.5) is 19.0 Å². The van der Waals surface area contributed by atoms with Gasteiger partial charge in [0.05, 0.1) is 0 Å². The van der Waals surface area contributed by atoms with Crippen LogP contribution < -0.4 is 4.90 Å². The standard InChI is InChI=1S/C11H10F3N5O2/c12-11(13,14)7-4-8(19-10(17-7)15-5-16-19)18-3-1-2-6(18)9(20)21/h4-6H,1-3H2,(H,20,21)/t6-/m1/s1. The van der Waals surface area contributed by atoms with Crippen molar-refractivity contribution in [3.8, 4) is 0 Å². The third-order valence-electron chi connectivity index (χ3n) is 3.36. The van der Waals surface area contributed by atoms with Crippen LogP contribution in [-0.4, -0.2) is 43.2 Å². The van der Waals surface area contributed by atoms with E-state index < -0.39 is 23.9 Å². The largest absolute Gasteiger partial charge is 0.480 e. The van der Waals surface area contributed by atoms with Gasteiger partial charge in [-0.1, -0.05) is 0 Å². The van der Waals surface area contributed by atoms with Crippen LogP contribution in [0.2, 0.25) is 0 Å². The monoisotopic (exact) mass is 301 g/mol. The Bertz CT molecular complexity index is 699. The van der Waals surface area contributed by atoms with Crippen LogP contribution >= 0.6 is 0 Å². The Hall–Kier alpha value is -2.39. The van der Waals surface area contributed by atoms with Gasteiger partial charge in [0.25, 0.3) is 5.78 Å². The smallest absolute Gasteiger partial charge is 0.433 e. The normalized spacial score (nSPS) is 19.4. The van der Waals surface area contributed by atoms with Gasteiger partial charge in [-0.3, -0.25) is 0 Å². The fourth-order valence-electron chi connectivity index (χ4n) is 2.44. The molecule has 1 N–H and O–H groups in total. The highest BCUT2D eigenvalue weighted by Gasteiger charge is 2.37. The Kier molecular flexibility index (Phi) is 2.96. The van der Waals surface area contributed by atoms with E-state index in [1.54, 1.807) is 0 Å². The number of alkyl halides is 3.